The number of aryl methyl sites for hydroxylation is 1. The zero-order valence-electron chi connectivity index (χ0n) is 10.8. The zero-order chi connectivity index (χ0) is 13.4. The van der Waals surface area contributed by atoms with E-state index in [9.17, 15) is 4.79 Å². The summed E-state index contributed by atoms with van der Waals surface area (Å²) in [6, 6.07) is 5.79. The highest BCUT2D eigenvalue weighted by atomic mass is 16.2. The molecule has 0 atom stereocenters. The highest BCUT2D eigenvalue weighted by Gasteiger charge is 2.27. The molecule has 1 saturated carbocycles. The smallest absolute Gasteiger partial charge is 0.272 e. The highest BCUT2D eigenvalue weighted by Crippen LogP contribution is 2.37. The Bertz CT molecular complexity index is 628. The van der Waals surface area contributed by atoms with Crippen molar-refractivity contribution in [3.8, 4) is 0 Å². The van der Waals surface area contributed by atoms with Crippen LogP contribution < -0.4 is 11.1 Å². The van der Waals surface area contributed by atoms with Crippen LogP contribution >= 0.6 is 0 Å². The summed E-state index contributed by atoms with van der Waals surface area (Å²) in [4.78, 5) is 16.5. The number of nitrogens with zero attached hydrogens (tertiary/aromatic N) is 2. The van der Waals surface area contributed by atoms with E-state index in [0.29, 0.717) is 17.4 Å². The van der Waals surface area contributed by atoms with Crippen molar-refractivity contribution in [2.75, 3.05) is 11.1 Å². The first-order valence-electron chi connectivity index (χ1n) is 6.35. The molecule has 2 aromatic heterocycles. The largest absolute Gasteiger partial charge is 0.397 e. The number of anilines is 2. The number of carbonyl (C=O) groups is 1. The van der Waals surface area contributed by atoms with Crippen LogP contribution in [0.1, 0.15) is 35.1 Å². The Morgan fingerprint density at radius 2 is 2.32 bits per heavy atom. The molecule has 3 rings (SSSR count). The number of amides is 1. The van der Waals surface area contributed by atoms with Gasteiger partial charge >= 0.3 is 0 Å². The van der Waals surface area contributed by atoms with Gasteiger partial charge in [-0.25, -0.2) is 0 Å². The lowest BCUT2D eigenvalue weighted by molar-refractivity contribution is 0.101. The number of aromatic nitrogens is 2. The van der Waals surface area contributed by atoms with Crippen molar-refractivity contribution in [2.45, 2.75) is 25.8 Å². The first-order chi connectivity index (χ1) is 9.15. The predicted octanol–water partition coefficient (Wildman–Crippen LogP) is 2.36. The molecule has 2 aromatic rings. The molecular formula is C14H16N4O. The Morgan fingerprint density at radius 1 is 1.53 bits per heavy atom. The summed E-state index contributed by atoms with van der Waals surface area (Å²) in [7, 11) is 0. The van der Waals surface area contributed by atoms with Crippen LogP contribution in [-0.4, -0.2) is 15.5 Å². The van der Waals surface area contributed by atoms with E-state index in [1.54, 1.807) is 18.3 Å². The lowest BCUT2D eigenvalue weighted by atomic mass is 10.3. The molecule has 0 aromatic carbocycles. The fourth-order valence-corrected chi connectivity index (χ4v) is 2.14. The van der Waals surface area contributed by atoms with E-state index in [1.165, 1.54) is 0 Å². The number of hydrogen-bond donors (Lipinski definition) is 2. The van der Waals surface area contributed by atoms with Crippen LogP contribution in [0.4, 0.5) is 11.4 Å². The van der Waals surface area contributed by atoms with Crippen LogP contribution in [0.5, 0.6) is 0 Å². The van der Waals surface area contributed by atoms with Crippen molar-refractivity contribution >= 4 is 17.3 Å². The molecule has 2 heterocycles. The molecule has 0 radical (unpaired) electrons. The Labute approximate surface area is 111 Å². The van der Waals surface area contributed by atoms with Crippen molar-refractivity contribution in [1.29, 1.82) is 0 Å². The minimum absolute atomic E-state index is 0.139. The molecule has 5 nitrogen and oxygen atoms in total. The lowest BCUT2D eigenvalue weighted by Gasteiger charge is -2.09. The molecule has 3 N–H and O–H groups in total. The van der Waals surface area contributed by atoms with Gasteiger partial charge in [0, 0.05) is 18.4 Å². The second-order valence-corrected chi connectivity index (χ2v) is 4.89. The summed E-state index contributed by atoms with van der Waals surface area (Å²) in [5.41, 5.74) is 8.56. The molecule has 1 aliphatic carbocycles. The zero-order valence-corrected chi connectivity index (χ0v) is 10.8. The fourth-order valence-electron chi connectivity index (χ4n) is 2.14. The summed E-state index contributed by atoms with van der Waals surface area (Å²) in [5, 5.41) is 2.89. The average molecular weight is 256 g/mol. The third kappa shape index (κ3) is 2.31. The number of rotatable bonds is 3. The van der Waals surface area contributed by atoms with Gasteiger partial charge in [0.1, 0.15) is 5.69 Å². The molecule has 1 amide bonds. The Hall–Kier alpha value is -2.30. The maximum atomic E-state index is 12.3. The Balaban J connectivity index is 1.86. The number of hydrogen-bond acceptors (Lipinski definition) is 3. The van der Waals surface area contributed by atoms with Crippen LogP contribution in [-0.2, 0) is 0 Å². The molecule has 0 aliphatic heterocycles. The van der Waals surface area contributed by atoms with Crippen molar-refractivity contribution in [3.05, 3.63) is 42.0 Å². The van der Waals surface area contributed by atoms with E-state index in [4.69, 9.17) is 5.73 Å². The van der Waals surface area contributed by atoms with Gasteiger partial charge in [-0.2, -0.15) is 0 Å². The van der Waals surface area contributed by atoms with Crippen LogP contribution in [0.15, 0.2) is 30.6 Å². The number of nitrogens with one attached hydrogen (secondary N) is 1. The standard InChI is InChI=1S/C14H16N4O/c1-9-12(3-2-6-16-9)17-14(19)13-7-10(15)8-18(13)11-4-5-11/h2-3,6-8,11H,4-5,15H2,1H3,(H,17,19). The normalized spacial score (nSPS) is 14.4. The highest BCUT2D eigenvalue weighted by molar-refractivity contribution is 6.04. The van der Waals surface area contributed by atoms with Crippen LogP contribution in [0.2, 0.25) is 0 Å². The summed E-state index contributed by atoms with van der Waals surface area (Å²) in [6.07, 6.45) is 5.76. The van der Waals surface area contributed by atoms with Gasteiger partial charge in [0.15, 0.2) is 0 Å². The number of nitrogen functional groups attached to an aromatic ring is 1. The summed E-state index contributed by atoms with van der Waals surface area (Å²) in [6.45, 7) is 1.86. The SMILES string of the molecule is Cc1ncccc1NC(=O)c1cc(N)cn1C1CC1. The third-order valence-corrected chi connectivity index (χ3v) is 3.30. The maximum Gasteiger partial charge on any atom is 0.272 e. The van der Waals surface area contributed by atoms with Crippen LogP contribution in [0, 0.1) is 6.92 Å². The monoisotopic (exact) mass is 256 g/mol. The molecule has 1 fully saturated rings. The molecule has 0 spiro atoms. The molecule has 19 heavy (non-hydrogen) atoms. The second-order valence-electron chi connectivity index (χ2n) is 4.89. The van der Waals surface area contributed by atoms with Gasteiger partial charge in [0.2, 0.25) is 0 Å². The van der Waals surface area contributed by atoms with Gasteiger partial charge in [-0.3, -0.25) is 9.78 Å². The maximum absolute atomic E-state index is 12.3. The number of nitrogens with two attached hydrogens (primary N) is 1. The number of pyridine rings is 1. The van der Waals surface area contributed by atoms with E-state index in [1.807, 2.05) is 23.8 Å². The van der Waals surface area contributed by atoms with Gasteiger partial charge in [-0.05, 0) is 38.0 Å². The predicted molar refractivity (Wildman–Crippen MR) is 74.0 cm³/mol. The molecule has 98 valence electrons. The van der Waals surface area contributed by atoms with Gasteiger partial charge in [0.25, 0.3) is 5.91 Å². The quantitative estimate of drug-likeness (QED) is 0.885. The molecule has 0 bridgehead atoms. The van der Waals surface area contributed by atoms with E-state index in [-0.39, 0.29) is 5.91 Å². The molecule has 5 heteroatoms. The Kier molecular flexibility index (Phi) is 2.74. The molecule has 0 saturated heterocycles. The van der Waals surface area contributed by atoms with E-state index >= 15 is 0 Å². The fraction of sp³-hybridized carbons (Fsp3) is 0.286. The summed E-state index contributed by atoms with van der Waals surface area (Å²) in [5.74, 6) is -0.139. The van der Waals surface area contributed by atoms with E-state index < -0.39 is 0 Å². The van der Waals surface area contributed by atoms with Gasteiger partial charge in [0.05, 0.1) is 17.1 Å². The van der Waals surface area contributed by atoms with Crippen LogP contribution in [0.3, 0.4) is 0 Å². The van der Waals surface area contributed by atoms with Crippen molar-refractivity contribution < 1.29 is 4.79 Å². The molecular weight excluding hydrogens is 240 g/mol. The molecule has 1 aliphatic rings. The second kappa shape index (κ2) is 4.42. The van der Waals surface area contributed by atoms with Crippen molar-refractivity contribution in [2.24, 2.45) is 0 Å². The van der Waals surface area contributed by atoms with E-state index in [0.717, 1.165) is 24.2 Å². The Morgan fingerprint density at radius 3 is 3.00 bits per heavy atom. The van der Waals surface area contributed by atoms with Gasteiger partial charge in [-0.1, -0.05) is 0 Å². The van der Waals surface area contributed by atoms with Crippen molar-refractivity contribution in [1.82, 2.24) is 9.55 Å². The van der Waals surface area contributed by atoms with Crippen molar-refractivity contribution in [3.63, 3.8) is 0 Å². The first kappa shape index (κ1) is 11.8. The third-order valence-electron chi connectivity index (χ3n) is 3.30. The van der Waals surface area contributed by atoms with Gasteiger partial charge in [-0.15, -0.1) is 0 Å². The number of carbonyl (C=O) groups excluding carboxylic acids is 1. The minimum Gasteiger partial charge on any atom is -0.397 e. The first-order valence-corrected chi connectivity index (χ1v) is 6.35. The minimum atomic E-state index is -0.139. The molecule has 0 unspecified atom stereocenters. The van der Waals surface area contributed by atoms with E-state index in [2.05, 4.69) is 10.3 Å². The lowest BCUT2D eigenvalue weighted by Crippen LogP contribution is -2.17. The summed E-state index contributed by atoms with van der Waals surface area (Å²) >= 11 is 0. The topological polar surface area (TPSA) is 72.9 Å². The van der Waals surface area contributed by atoms with Crippen LogP contribution in [0.25, 0.3) is 0 Å². The van der Waals surface area contributed by atoms with Gasteiger partial charge < -0.3 is 15.6 Å². The average Bonchev–Trinajstić information content (AvgIpc) is 3.15. The summed E-state index contributed by atoms with van der Waals surface area (Å²) < 4.78 is 1.97.